The molecule has 0 amide bonds. The molecule has 1 heterocycles. The van der Waals surface area contributed by atoms with Crippen LogP contribution in [-0.4, -0.2) is 37.4 Å². The fraction of sp³-hybridized carbons (Fsp3) is 0.905. The highest BCUT2D eigenvalue weighted by atomic mass is 16.7. The average Bonchev–Trinajstić information content (AvgIpc) is 3.20. The third kappa shape index (κ3) is 5.07. The molecule has 1 saturated heterocycles. The molecule has 1 spiro atoms. The Hall–Kier alpha value is -0.940. The third-order valence-corrected chi connectivity index (χ3v) is 5.96. The van der Waals surface area contributed by atoms with Crippen molar-refractivity contribution in [1.29, 1.82) is 0 Å². The molecule has 0 radical (unpaired) electrons. The highest BCUT2D eigenvalue weighted by molar-refractivity contribution is 5.98. The van der Waals surface area contributed by atoms with Crippen molar-refractivity contribution >= 4 is 11.8 Å². The molecule has 5 nitrogen and oxygen atoms in total. The second-order valence-corrected chi connectivity index (χ2v) is 7.71. The number of unbranched alkanes of at least 4 members (excludes halogenated alkanes) is 5. The number of rotatable bonds is 11. The molecule has 2 rings (SSSR count). The van der Waals surface area contributed by atoms with E-state index >= 15 is 0 Å². The lowest BCUT2D eigenvalue weighted by atomic mass is 9.78. The molecular formula is C21H36O5. The zero-order valence-electron chi connectivity index (χ0n) is 16.8. The first-order valence-electron chi connectivity index (χ1n) is 10.5. The fourth-order valence-electron chi connectivity index (χ4n) is 4.76. The van der Waals surface area contributed by atoms with Crippen LogP contribution in [0.15, 0.2) is 0 Å². The van der Waals surface area contributed by atoms with Crippen molar-refractivity contribution < 1.29 is 23.8 Å². The number of Topliss-reactive ketones (excluding diaryl/α,β-unsaturated/α-hetero) is 1. The van der Waals surface area contributed by atoms with E-state index in [2.05, 4.69) is 6.92 Å². The van der Waals surface area contributed by atoms with Crippen LogP contribution in [0.25, 0.3) is 0 Å². The van der Waals surface area contributed by atoms with E-state index in [1.807, 2.05) is 0 Å². The Labute approximate surface area is 158 Å². The van der Waals surface area contributed by atoms with Gasteiger partial charge in [-0.3, -0.25) is 9.59 Å². The minimum absolute atomic E-state index is 0.0414. The summed E-state index contributed by atoms with van der Waals surface area (Å²) < 4.78 is 17.3. The van der Waals surface area contributed by atoms with Gasteiger partial charge in [-0.15, -0.1) is 0 Å². The summed E-state index contributed by atoms with van der Waals surface area (Å²) in [5.41, 5.74) is 0. The van der Waals surface area contributed by atoms with Crippen LogP contribution in [0.2, 0.25) is 0 Å². The van der Waals surface area contributed by atoms with Gasteiger partial charge in [0.05, 0.1) is 19.8 Å². The van der Waals surface area contributed by atoms with E-state index in [-0.39, 0.29) is 23.6 Å². The Morgan fingerprint density at radius 3 is 2.35 bits per heavy atom. The van der Waals surface area contributed by atoms with Gasteiger partial charge >= 0.3 is 5.97 Å². The standard InChI is InChI=1S/C21H36O5/c1-4-6-7-8-9-10-11-18-17(12-13-21(18)25-14-15-26-21)19(16(3)22)20(23)24-5-2/h17-19H,4-15H2,1-3H3. The van der Waals surface area contributed by atoms with Crippen LogP contribution >= 0.6 is 0 Å². The van der Waals surface area contributed by atoms with Crippen molar-refractivity contribution in [1.82, 2.24) is 0 Å². The summed E-state index contributed by atoms with van der Waals surface area (Å²) in [7, 11) is 0. The molecule has 0 bridgehead atoms. The van der Waals surface area contributed by atoms with E-state index in [4.69, 9.17) is 14.2 Å². The van der Waals surface area contributed by atoms with Gasteiger partial charge in [0, 0.05) is 12.3 Å². The Kier molecular flexibility index (Phi) is 8.55. The third-order valence-electron chi connectivity index (χ3n) is 5.96. The van der Waals surface area contributed by atoms with Crippen LogP contribution in [0.1, 0.15) is 78.6 Å². The van der Waals surface area contributed by atoms with Gasteiger partial charge in [-0.05, 0) is 32.6 Å². The topological polar surface area (TPSA) is 61.8 Å². The van der Waals surface area contributed by atoms with Crippen LogP contribution < -0.4 is 0 Å². The molecule has 0 aromatic heterocycles. The molecule has 150 valence electrons. The summed E-state index contributed by atoms with van der Waals surface area (Å²) in [5, 5.41) is 0. The number of carbonyl (C=O) groups is 2. The summed E-state index contributed by atoms with van der Waals surface area (Å²) in [6.45, 7) is 7.01. The van der Waals surface area contributed by atoms with Gasteiger partial charge in [0.2, 0.25) is 0 Å². The summed E-state index contributed by atoms with van der Waals surface area (Å²) in [6, 6.07) is 0. The van der Waals surface area contributed by atoms with Crippen molar-refractivity contribution in [3.63, 3.8) is 0 Å². The molecule has 2 aliphatic rings. The Morgan fingerprint density at radius 1 is 1.08 bits per heavy atom. The van der Waals surface area contributed by atoms with Crippen molar-refractivity contribution in [3.05, 3.63) is 0 Å². The van der Waals surface area contributed by atoms with Crippen LogP contribution in [0.3, 0.4) is 0 Å². The van der Waals surface area contributed by atoms with Gasteiger partial charge in [-0.2, -0.15) is 0 Å². The fourth-order valence-corrected chi connectivity index (χ4v) is 4.76. The zero-order chi connectivity index (χ0) is 19.0. The van der Waals surface area contributed by atoms with Crippen LogP contribution in [0.4, 0.5) is 0 Å². The molecular weight excluding hydrogens is 332 g/mol. The van der Waals surface area contributed by atoms with Crippen LogP contribution in [0, 0.1) is 17.8 Å². The molecule has 0 aromatic carbocycles. The lowest BCUT2D eigenvalue weighted by molar-refractivity contribution is -0.191. The average molecular weight is 369 g/mol. The monoisotopic (exact) mass is 368 g/mol. The van der Waals surface area contributed by atoms with Gasteiger partial charge in [-0.1, -0.05) is 45.4 Å². The van der Waals surface area contributed by atoms with Gasteiger partial charge in [-0.25, -0.2) is 0 Å². The quantitative estimate of drug-likeness (QED) is 0.309. The van der Waals surface area contributed by atoms with Crippen LogP contribution in [0.5, 0.6) is 0 Å². The van der Waals surface area contributed by atoms with Gasteiger partial charge < -0.3 is 14.2 Å². The predicted molar refractivity (Wildman–Crippen MR) is 99.6 cm³/mol. The zero-order valence-corrected chi connectivity index (χ0v) is 16.8. The highest BCUT2D eigenvalue weighted by Gasteiger charge is 2.56. The van der Waals surface area contributed by atoms with Gasteiger partial charge in [0.1, 0.15) is 11.7 Å². The molecule has 2 fully saturated rings. The number of esters is 1. The first kappa shape index (κ1) is 21.4. The summed E-state index contributed by atoms with van der Waals surface area (Å²) in [4.78, 5) is 24.7. The van der Waals surface area contributed by atoms with Crippen molar-refractivity contribution in [2.75, 3.05) is 19.8 Å². The lowest BCUT2D eigenvalue weighted by Gasteiger charge is -2.34. The minimum atomic E-state index is -0.688. The van der Waals surface area contributed by atoms with Crippen molar-refractivity contribution in [2.24, 2.45) is 17.8 Å². The maximum Gasteiger partial charge on any atom is 0.316 e. The Balaban J connectivity index is 2.05. The maximum absolute atomic E-state index is 12.4. The molecule has 0 N–H and O–H groups in total. The van der Waals surface area contributed by atoms with E-state index in [1.165, 1.54) is 39.0 Å². The number of hydrogen-bond donors (Lipinski definition) is 0. The van der Waals surface area contributed by atoms with Gasteiger partial charge in [0.25, 0.3) is 0 Å². The number of hydrogen-bond acceptors (Lipinski definition) is 5. The van der Waals surface area contributed by atoms with Gasteiger partial charge in [0.15, 0.2) is 5.79 Å². The first-order valence-corrected chi connectivity index (χ1v) is 10.5. The first-order chi connectivity index (χ1) is 12.6. The predicted octanol–water partition coefficient (Wildman–Crippen LogP) is 4.27. The number of carbonyl (C=O) groups excluding carboxylic acids is 2. The second-order valence-electron chi connectivity index (χ2n) is 7.71. The molecule has 3 atom stereocenters. The smallest absolute Gasteiger partial charge is 0.316 e. The van der Waals surface area contributed by atoms with Crippen molar-refractivity contribution in [3.8, 4) is 0 Å². The van der Waals surface area contributed by atoms with E-state index in [9.17, 15) is 9.59 Å². The van der Waals surface area contributed by atoms with E-state index in [0.29, 0.717) is 19.8 Å². The normalized spacial score (nSPS) is 25.5. The molecule has 1 saturated carbocycles. The Morgan fingerprint density at radius 2 is 1.73 bits per heavy atom. The van der Waals surface area contributed by atoms with E-state index in [1.54, 1.807) is 6.92 Å². The summed E-state index contributed by atoms with van der Waals surface area (Å²) in [6.07, 6.45) is 9.82. The lowest BCUT2D eigenvalue weighted by Crippen LogP contribution is -2.41. The second kappa shape index (κ2) is 10.4. The highest BCUT2D eigenvalue weighted by Crippen LogP contribution is 2.51. The molecule has 0 aromatic rings. The van der Waals surface area contributed by atoms with E-state index < -0.39 is 11.7 Å². The molecule has 5 heteroatoms. The summed E-state index contributed by atoms with van der Waals surface area (Å²) in [5.74, 6) is -1.71. The number of ether oxygens (including phenoxy) is 3. The molecule has 1 aliphatic carbocycles. The van der Waals surface area contributed by atoms with Crippen molar-refractivity contribution in [2.45, 2.75) is 84.3 Å². The molecule has 1 aliphatic heterocycles. The van der Waals surface area contributed by atoms with E-state index in [0.717, 1.165) is 25.7 Å². The molecule has 3 unspecified atom stereocenters. The minimum Gasteiger partial charge on any atom is -0.465 e. The maximum atomic E-state index is 12.4. The Bertz CT molecular complexity index is 455. The van der Waals surface area contributed by atoms with Crippen LogP contribution in [-0.2, 0) is 23.8 Å². The number of ketones is 1. The molecule has 26 heavy (non-hydrogen) atoms. The SMILES string of the molecule is CCCCCCCCC1C(C(C(C)=O)C(=O)OCC)CCC12OCCO2. The largest absolute Gasteiger partial charge is 0.465 e. The summed E-state index contributed by atoms with van der Waals surface area (Å²) >= 11 is 0.